The van der Waals surface area contributed by atoms with Gasteiger partial charge in [0.25, 0.3) is 0 Å². The standard InChI is InChI=1S/C51H33N3O/c1-2-11-34(12-3-1)45-30-41(31-47-48(45)44-16-8-9-17-46(44)55-47)51-53-49(36-22-18-33(19-23-36)38-24-20-32-10-4-5-14-37(32)28-38)52-50(54-51)40-26-27-43-39(29-40)25-21-35-13-6-7-15-42(35)43/h1-11,13-31,34H,12H2. The molecule has 0 saturated heterocycles. The average molecular weight is 704 g/mol. The van der Waals surface area contributed by atoms with Gasteiger partial charge >= 0.3 is 0 Å². The third kappa shape index (κ3) is 5.50. The summed E-state index contributed by atoms with van der Waals surface area (Å²) in [4.78, 5) is 15.6. The minimum Gasteiger partial charge on any atom is -0.456 e. The van der Waals surface area contributed by atoms with E-state index in [1.165, 1.54) is 38.1 Å². The maximum atomic E-state index is 6.53. The fourth-order valence-electron chi connectivity index (χ4n) is 8.22. The van der Waals surface area contributed by atoms with Crippen LogP contribution in [0.3, 0.4) is 0 Å². The molecular formula is C51H33N3O. The van der Waals surface area contributed by atoms with Crippen LogP contribution in [0, 0.1) is 0 Å². The first kappa shape index (κ1) is 31.4. The lowest BCUT2D eigenvalue weighted by Crippen LogP contribution is -2.02. The Morgan fingerprint density at radius 3 is 1.87 bits per heavy atom. The van der Waals surface area contributed by atoms with Crippen molar-refractivity contribution in [1.82, 2.24) is 15.0 Å². The summed E-state index contributed by atoms with van der Waals surface area (Å²) in [6, 6.07) is 55.7. The smallest absolute Gasteiger partial charge is 0.164 e. The van der Waals surface area contributed by atoms with Crippen molar-refractivity contribution < 1.29 is 4.42 Å². The van der Waals surface area contributed by atoms with Crippen LogP contribution >= 0.6 is 0 Å². The number of allylic oxidation sites excluding steroid dienone is 4. The second-order valence-electron chi connectivity index (χ2n) is 14.4. The van der Waals surface area contributed by atoms with Crippen molar-refractivity contribution in [3.05, 3.63) is 188 Å². The van der Waals surface area contributed by atoms with Crippen LogP contribution in [0.4, 0.5) is 0 Å². The summed E-state index contributed by atoms with van der Waals surface area (Å²) in [5.74, 6) is 2.05. The predicted molar refractivity (Wildman–Crippen MR) is 227 cm³/mol. The minimum absolute atomic E-state index is 0.201. The summed E-state index contributed by atoms with van der Waals surface area (Å²) in [5, 5.41) is 9.51. The lowest BCUT2D eigenvalue weighted by atomic mass is 9.88. The molecule has 10 aromatic rings. The Kier molecular flexibility index (Phi) is 7.27. The van der Waals surface area contributed by atoms with E-state index in [1.54, 1.807) is 0 Å². The van der Waals surface area contributed by atoms with Crippen molar-refractivity contribution in [2.24, 2.45) is 0 Å². The lowest BCUT2D eigenvalue weighted by molar-refractivity contribution is 0.668. The van der Waals surface area contributed by atoms with Crippen molar-refractivity contribution in [2.75, 3.05) is 0 Å². The first-order valence-electron chi connectivity index (χ1n) is 18.8. The number of nitrogens with zero attached hydrogens (tertiary/aromatic N) is 3. The molecule has 1 atom stereocenters. The van der Waals surface area contributed by atoms with E-state index in [1.807, 2.05) is 12.1 Å². The highest BCUT2D eigenvalue weighted by atomic mass is 16.3. The maximum absolute atomic E-state index is 6.53. The molecule has 0 radical (unpaired) electrons. The molecule has 1 aliphatic carbocycles. The molecule has 0 saturated carbocycles. The second kappa shape index (κ2) is 12.8. The average Bonchev–Trinajstić information content (AvgIpc) is 3.64. The first-order valence-corrected chi connectivity index (χ1v) is 18.8. The number of hydrogen-bond donors (Lipinski definition) is 0. The summed E-state index contributed by atoms with van der Waals surface area (Å²) in [6.07, 6.45) is 9.68. The zero-order chi connectivity index (χ0) is 36.3. The van der Waals surface area contributed by atoms with Gasteiger partial charge in [0, 0.05) is 33.4 Å². The molecule has 2 aromatic heterocycles. The van der Waals surface area contributed by atoms with Crippen molar-refractivity contribution in [1.29, 1.82) is 0 Å². The Balaban J connectivity index is 1.09. The summed E-state index contributed by atoms with van der Waals surface area (Å²) in [6.45, 7) is 0. The zero-order valence-electron chi connectivity index (χ0n) is 29.9. The fourth-order valence-corrected chi connectivity index (χ4v) is 8.22. The molecule has 1 aliphatic rings. The molecule has 8 aromatic carbocycles. The van der Waals surface area contributed by atoms with Crippen molar-refractivity contribution in [2.45, 2.75) is 12.3 Å². The van der Waals surface area contributed by atoms with Crippen LogP contribution in [0.1, 0.15) is 17.9 Å². The highest BCUT2D eigenvalue weighted by Gasteiger charge is 2.21. The first-order chi connectivity index (χ1) is 27.2. The molecule has 0 bridgehead atoms. The Bertz CT molecular complexity index is 3190. The van der Waals surface area contributed by atoms with Gasteiger partial charge in [-0.3, -0.25) is 0 Å². The van der Waals surface area contributed by atoms with Gasteiger partial charge in [0.15, 0.2) is 17.5 Å². The molecule has 0 fully saturated rings. The van der Waals surface area contributed by atoms with Crippen LogP contribution in [-0.2, 0) is 0 Å². The van der Waals surface area contributed by atoms with Crippen LogP contribution in [0.25, 0.3) is 99.5 Å². The van der Waals surface area contributed by atoms with E-state index in [0.717, 1.165) is 56.0 Å². The number of benzene rings is 8. The molecule has 4 heteroatoms. The molecule has 11 rings (SSSR count). The van der Waals surface area contributed by atoms with Gasteiger partial charge in [0.05, 0.1) is 0 Å². The number of para-hydroxylation sites is 1. The van der Waals surface area contributed by atoms with Gasteiger partial charge in [-0.2, -0.15) is 0 Å². The number of fused-ring (bicyclic) bond motifs is 7. The normalized spacial score (nSPS) is 14.1. The maximum Gasteiger partial charge on any atom is 0.164 e. The molecule has 0 amide bonds. The van der Waals surface area contributed by atoms with E-state index in [0.29, 0.717) is 17.5 Å². The molecule has 2 heterocycles. The van der Waals surface area contributed by atoms with Gasteiger partial charge in [-0.25, -0.2) is 15.0 Å². The number of rotatable bonds is 5. The van der Waals surface area contributed by atoms with Crippen molar-refractivity contribution in [3.63, 3.8) is 0 Å². The zero-order valence-corrected chi connectivity index (χ0v) is 29.9. The predicted octanol–water partition coefficient (Wildman–Crippen LogP) is 13.5. The Morgan fingerprint density at radius 2 is 1.04 bits per heavy atom. The van der Waals surface area contributed by atoms with Gasteiger partial charge in [0.1, 0.15) is 11.2 Å². The SMILES string of the molecule is C1=CCC(c2cc(-c3nc(-c4ccc(-c5ccc6ccccc6c5)cc4)nc(-c4ccc5c(ccc6ccccc65)c4)n3)cc3oc4ccccc4c23)C=C1. The van der Waals surface area contributed by atoms with Crippen molar-refractivity contribution in [3.8, 4) is 45.3 Å². The van der Waals surface area contributed by atoms with E-state index < -0.39 is 0 Å². The molecule has 0 aliphatic heterocycles. The minimum atomic E-state index is 0.201. The van der Waals surface area contributed by atoms with Crippen LogP contribution < -0.4 is 0 Å². The molecule has 258 valence electrons. The van der Waals surface area contributed by atoms with Gasteiger partial charge in [-0.1, -0.05) is 152 Å². The Hall–Kier alpha value is -7.17. The van der Waals surface area contributed by atoms with E-state index in [4.69, 9.17) is 19.4 Å². The van der Waals surface area contributed by atoms with Gasteiger partial charge in [0.2, 0.25) is 0 Å². The molecular weight excluding hydrogens is 671 g/mol. The van der Waals surface area contributed by atoms with Gasteiger partial charge in [-0.15, -0.1) is 0 Å². The summed E-state index contributed by atoms with van der Waals surface area (Å²) >= 11 is 0. The van der Waals surface area contributed by atoms with E-state index in [-0.39, 0.29) is 5.92 Å². The lowest BCUT2D eigenvalue weighted by Gasteiger charge is -2.16. The quantitative estimate of drug-likeness (QED) is 0.167. The number of aromatic nitrogens is 3. The van der Waals surface area contributed by atoms with Gasteiger partial charge in [-0.05, 0) is 85.8 Å². The van der Waals surface area contributed by atoms with Crippen LogP contribution in [0.2, 0.25) is 0 Å². The number of hydrogen-bond acceptors (Lipinski definition) is 4. The molecule has 0 N–H and O–H groups in total. The highest BCUT2D eigenvalue weighted by molar-refractivity contribution is 6.09. The van der Waals surface area contributed by atoms with E-state index in [9.17, 15) is 0 Å². The summed E-state index contributed by atoms with van der Waals surface area (Å²) < 4.78 is 6.53. The number of furan rings is 1. The fraction of sp³-hybridized carbons (Fsp3) is 0.0392. The third-order valence-corrected chi connectivity index (χ3v) is 11.0. The van der Waals surface area contributed by atoms with E-state index in [2.05, 4.69) is 170 Å². The van der Waals surface area contributed by atoms with E-state index >= 15 is 0 Å². The largest absolute Gasteiger partial charge is 0.456 e. The summed E-state index contributed by atoms with van der Waals surface area (Å²) in [7, 11) is 0. The third-order valence-electron chi connectivity index (χ3n) is 11.0. The molecule has 4 nitrogen and oxygen atoms in total. The van der Waals surface area contributed by atoms with Crippen LogP contribution in [0.5, 0.6) is 0 Å². The van der Waals surface area contributed by atoms with Crippen molar-refractivity contribution >= 4 is 54.3 Å². The highest BCUT2D eigenvalue weighted by Crippen LogP contribution is 2.41. The second-order valence-corrected chi connectivity index (χ2v) is 14.4. The van der Waals surface area contributed by atoms with Crippen LogP contribution in [0.15, 0.2) is 186 Å². The molecule has 0 spiro atoms. The molecule has 55 heavy (non-hydrogen) atoms. The van der Waals surface area contributed by atoms with Gasteiger partial charge < -0.3 is 4.42 Å². The Morgan fingerprint density at radius 1 is 0.418 bits per heavy atom. The summed E-state index contributed by atoms with van der Waals surface area (Å²) in [5.41, 5.74) is 7.98. The topological polar surface area (TPSA) is 51.8 Å². The Labute approximate surface area is 317 Å². The molecule has 1 unspecified atom stereocenters. The monoisotopic (exact) mass is 703 g/mol. The van der Waals surface area contributed by atoms with Crippen LogP contribution in [-0.4, -0.2) is 15.0 Å².